The summed E-state index contributed by atoms with van der Waals surface area (Å²) in [5.74, 6) is -6.53. The Bertz CT molecular complexity index is 525. The van der Waals surface area contributed by atoms with Crippen molar-refractivity contribution in [3.8, 4) is 0 Å². The summed E-state index contributed by atoms with van der Waals surface area (Å²) < 4.78 is 0. The summed E-state index contributed by atoms with van der Waals surface area (Å²) in [6, 6.07) is 7.37. The number of carboxylic acids is 2. The van der Waals surface area contributed by atoms with Crippen molar-refractivity contribution in [2.45, 2.75) is 17.9 Å². The van der Waals surface area contributed by atoms with Crippen LogP contribution in [0.4, 0.5) is 0 Å². The second-order valence-corrected chi connectivity index (χ2v) is 4.07. The Kier molecular flexibility index (Phi) is 11.2. The van der Waals surface area contributed by atoms with Gasteiger partial charge in [-0.25, -0.2) is 10.3 Å². The number of aliphatic carboxylic acids is 2. The van der Waals surface area contributed by atoms with Gasteiger partial charge in [0.1, 0.15) is 0 Å². The minimum absolute atomic E-state index is 0. The first-order valence-electron chi connectivity index (χ1n) is 5.51. The molecule has 22 heavy (non-hydrogen) atoms. The van der Waals surface area contributed by atoms with Crippen LogP contribution in [0.15, 0.2) is 30.3 Å². The van der Waals surface area contributed by atoms with E-state index in [9.17, 15) is 19.5 Å². The van der Waals surface area contributed by atoms with Crippen LogP contribution in [-0.4, -0.2) is 103 Å². The first-order chi connectivity index (χ1) is 9.33. The average molecular weight is 331 g/mol. The molecule has 0 saturated carbocycles. The van der Waals surface area contributed by atoms with E-state index in [4.69, 9.17) is 15.4 Å². The number of carbonyl (C=O) groups is 3. The fraction of sp³-hybridized carbons (Fsp3) is 0.250. The molecule has 0 heterocycles. The van der Waals surface area contributed by atoms with Gasteiger partial charge in [0, 0.05) is 5.92 Å². The van der Waals surface area contributed by atoms with Crippen molar-refractivity contribution in [2.24, 2.45) is 0 Å². The van der Waals surface area contributed by atoms with Crippen LogP contribution in [-0.2, 0) is 14.4 Å². The monoisotopic (exact) mass is 331 g/mol. The normalized spacial score (nSPS) is 13.5. The number of rotatable bonds is 6. The molecule has 8 nitrogen and oxygen atoms in total. The predicted molar refractivity (Wildman–Crippen MR) is 78.2 cm³/mol. The van der Waals surface area contributed by atoms with E-state index in [1.807, 2.05) is 0 Å². The van der Waals surface area contributed by atoms with Gasteiger partial charge in [0.05, 0.1) is 6.42 Å². The van der Waals surface area contributed by atoms with Crippen molar-refractivity contribution >= 4 is 77.0 Å². The number of benzene rings is 1. The molecule has 0 aliphatic heterocycles. The van der Waals surface area contributed by atoms with Gasteiger partial charge in [0.25, 0.3) is 11.5 Å². The van der Waals surface area contributed by atoms with E-state index in [0.717, 1.165) is 5.48 Å². The first-order valence-corrected chi connectivity index (χ1v) is 5.51. The number of aliphatic hydroxyl groups is 1. The molecule has 0 aromatic heterocycles. The van der Waals surface area contributed by atoms with E-state index in [2.05, 4.69) is 0 Å². The molecule has 112 valence electrons. The molecule has 1 aromatic rings. The maximum absolute atomic E-state index is 11.5. The molecule has 0 aliphatic carbocycles. The summed E-state index contributed by atoms with van der Waals surface area (Å²) in [5.41, 5.74) is -1.91. The van der Waals surface area contributed by atoms with Crippen LogP contribution in [0, 0.1) is 0 Å². The summed E-state index contributed by atoms with van der Waals surface area (Å²) in [7, 11) is 0. The van der Waals surface area contributed by atoms with Gasteiger partial charge < -0.3 is 15.3 Å². The van der Waals surface area contributed by atoms with Crippen molar-refractivity contribution in [2.75, 3.05) is 0 Å². The van der Waals surface area contributed by atoms with Gasteiger partial charge in [-0.05, 0) is 5.56 Å². The zero-order chi connectivity index (χ0) is 15.3. The molecule has 0 bridgehead atoms. The van der Waals surface area contributed by atoms with Gasteiger partial charge in [0.15, 0.2) is 0 Å². The number of hydrogen-bond acceptors (Lipinski definition) is 5. The minimum atomic E-state index is -3.10. The summed E-state index contributed by atoms with van der Waals surface area (Å²) in [5, 5.41) is 36.6. The molecule has 10 heteroatoms. The molecule has 0 radical (unpaired) electrons. The fourth-order valence-electron chi connectivity index (χ4n) is 1.86. The van der Waals surface area contributed by atoms with E-state index in [1.165, 1.54) is 24.3 Å². The van der Waals surface area contributed by atoms with Crippen molar-refractivity contribution in [1.29, 1.82) is 0 Å². The van der Waals surface area contributed by atoms with Gasteiger partial charge in [-0.3, -0.25) is 14.8 Å². The molecule has 5 N–H and O–H groups in total. The fourth-order valence-corrected chi connectivity index (χ4v) is 1.86. The zero-order valence-corrected chi connectivity index (χ0v) is 10.2. The quantitative estimate of drug-likeness (QED) is 0.180. The van der Waals surface area contributed by atoms with Crippen molar-refractivity contribution in [3.05, 3.63) is 35.9 Å². The zero-order valence-electron chi connectivity index (χ0n) is 10.2. The maximum atomic E-state index is 11.5. The van der Waals surface area contributed by atoms with Crippen LogP contribution in [0.25, 0.3) is 0 Å². The van der Waals surface area contributed by atoms with E-state index >= 15 is 0 Å². The number of nitrogens with one attached hydrogen (secondary N) is 1. The third-order valence-electron chi connectivity index (χ3n) is 2.86. The van der Waals surface area contributed by atoms with Crippen LogP contribution in [0.3, 0.4) is 0 Å². The molecule has 2 atom stereocenters. The Morgan fingerprint density at radius 1 is 1.09 bits per heavy atom. The van der Waals surface area contributed by atoms with Crippen LogP contribution < -0.4 is 5.48 Å². The van der Waals surface area contributed by atoms with Crippen LogP contribution in [0.2, 0.25) is 0 Å². The summed E-state index contributed by atoms with van der Waals surface area (Å²) >= 11 is 0. The Balaban J connectivity index is 0. The van der Waals surface area contributed by atoms with Gasteiger partial charge in [-0.2, -0.15) is 0 Å². The molecule has 0 fully saturated rings. The molecule has 0 aliphatic rings. The number of amides is 1. The SMILES string of the molecule is O=C(O)CC(c1ccccc1)C(O)(C(=O)O)C(=O)NO.[NaH].[NaH]. The van der Waals surface area contributed by atoms with Crippen molar-refractivity contribution in [1.82, 2.24) is 5.48 Å². The first kappa shape index (κ1) is 23.8. The molecular weight excluding hydrogens is 316 g/mol. The third kappa shape index (κ3) is 5.32. The summed E-state index contributed by atoms with van der Waals surface area (Å²) in [6.45, 7) is 0. The van der Waals surface area contributed by atoms with E-state index in [0.29, 0.717) is 0 Å². The Morgan fingerprint density at radius 2 is 1.59 bits per heavy atom. The molecule has 1 amide bonds. The number of hydroxylamine groups is 1. The number of carboxylic acid groups (broad SMARTS) is 2. The van der Waals surface area contributed by atoms with E-state index in [1.54, 1.807) is 6.07 Å². The third-order valence-corrected chi connectivity index (χ3v) is 2.86. The standard InChI is InChI=1S/C12H13NO7.2Na.2H/c14-9(15)6-8(7-4-2-1-3-5-7)12(19,11(17)18)10(16)13-20;;;;/h1-5,8,19-20H,6H2,(H,13,16)(H,14,15)(H,17,18);;;;. The van der Waals surface area contributed by atoms with Crippen molar-refractivity contribution in [3.63, 3.8) is 0 Å². The van der Waals surface area contributed by atoms with Gasteiger partial charge >= 0.3 is 71.1 Å². The molecule has 0 spiro atoms. The molecule has 1 aromatic carbocycles. The molecule has 2 unspecified atom stereocenters. The summed E-state index contributed by atoms with van der Waals surface area (Å²) in [6.07, 6.45) is -0.805. The Labute approximate surface area is 170 Å². The Hall–Kier alpha value is -0.450. The molecule has 1 rings (SSSR count). The number of carbonyl (C=O) groups excluding carboxylic acids is 1. The second kappa shape index (κ2) is 10.3. The second-order valence-electron chi connectivity index (χ2n) is 4.07. The summed E-state index contributed by atoms with van der Waals surface area (Å²) in [4.78, 5) is 33.6. The van der Waals surface area contributed by atoms with E-state index in [-0.39, 0.29) is 64.7 Å². The average Bonchev–Trinajstić information content (AvgIpc) is 2.43. The van der Waals surface area contributed by atoms with Gasteiger partial charge in [-0.1, -0.05) is 30.3 Å². The number of hydrogen-bond donors (Lipinski definition) is 5. The Morgan fingerprint density at radius 3 is 1.95 bits per heavy atom. The van der Waals surface area contributed by atoms with Crippen LogP contribution >= 0.6 is 0 Å². The predicted octanol–water partition coefficient (Wildman–Crippen LogP) is -1.73. The molecule has 0 saturated heterocycles. The van der Waals surface area contributed by atoms with Gasteiger partial charge in [0.2, 0.25) is 0 Å². The van der Waals surface area contributed by atoms with Crippen LogP contribution in [0.5, 0.6) is 0 Å². The molecular formula is C12H15NNa2O7. The topological polar surface area (TPSA) is 144 Å². The van der Waals surface area contributed by atoms with Crippen molar-refractivity contribution < 1.29 is 34.9 Å². The van der Waals surface area contributed by atoms with Gasteiger partial charge in [-0.15, -0.1) is 0 Å². The van der Waals surface area contributed by atoms with E-state index < -0.39 is 35.8 Å². The van der Waals surface area contributed by atoms with Crippen LogP contribution in [0.1, 0.15) is 17.9 Å².